The molecule has 0 aromatic carbocycles. The van der Waals surface area contributed by atoms with Gasteiger partial charge < -0.3 is 4.90 Å². The number of nitrogens with zero attached hydrogens (tertiary/aromatic N) is 5. The number of carbonyl (C=O) groups excluding carboxylic acids is 1. The van der Waals surface area contributed by atoms with Gasteiger partial charge in [-0.05, 0) is 43.4 Å². The van der Waals surface area contributed by atoms with Crippen LogP contribution in [-0.2, 0) is 11.3 Å². The molecule has 2 aliphatic rings. The van der Waals surface area contributed by atoms with Gasteiger partial charge in [-0.1, -0.05) is 6.92 Å². The van der Waals surface area contributed by atoms with Crippen molar-refractivity contribution < 1.29 is 22.4 Å². The van der Waals surface area contributed by atoms with Gasteiger partial charge in [0.15, 0.2) is 0 Å². The Bertz CT molecular complexity index is 909. The van der Waals surface area contributed by atoms with E-state index < -0.39 is 18.0 Å². The Morgan fingerprint density at radius 2 is 2.10 bits per heavy atom. The number of carbonyl (C=O) groups is 1. The first-order valence-electron chi connectivity index (χ1n) is 10.2. The second kappa shape index (κ2) is 9.57. The fourth-order valence-corrected chi connectivity index (χ4v) is 3.78. The number of pyridine rings is 1. The van der Waals surface area contributed by atoms with Gasteiger partial charge in [0.25, 0.3) is 0 Å². The highest BCUT2D eigenvalue weighted by atomic mass is 19.4. The van der Waals surface area contributed by atoms with Crippen LogP contribution < -0.4 is 0 Å². The quantitative estimate of drug-likeness (QED) is 0.387. The average molecular weight is 439 g/mol. The van der Waals surface area contributed by atoms with E-state index in [-0.39, 0.29) is 25.3 Å². The van der Waals surface area contributed by atoms with Gasteiger partial charge in [-0.25, -0.2) is 14.4 Å². The maximum atomic E-state index is 13.4. The fourth-order valence-electron chi connectivity index (χ4n) is 3.78. The molecule has 1 atom stereocenters. The number of likely N-dealkylation sites (tertiary alicyclic amines) is 1. The molecule has 0 saturated carbocycles. The SMILES string of the molecule is CC/C(=C\N=C(C)N1CCCC1C(F)(F)F)C1=NN(Cc2cncc(F)c2)C(=O)CC1. The Labute approximate surface area is 178 Å². The van der Waals surface area contributed by atoms with Gasteiger partial charge in [-0.15, -0.1) is 0 Å². The maximum absolute atomic E-state index is 13.4. The number of aliphatic imine (C=N–C) groups is 1. The summed E-state index contributed by atoms with van der Waals surface area (Å²) in [5.41, 5.74) is 1.91. The molecule has 1 amide bonds. The van der Waals surface area contributed by atoms with E-state index in [0.717, 1.165) is 11.8 Å². The molecule has 3 heterocycles. The first-order valence-corrected chi connectivity index (χ1v) is 10.2. The largest absolute Gasteiger partial charge is 0.408 e. The molecule has 0 aliphatic carbocycles. The highest BCUT2D eigenvalue weighted by Gasteiger charge is 2.46. The van der Waals surface area contributed by atoms with E-state index in [9.17, 15) is 22.4 Å². The molecular weight excluding hydrogens is 414 g/mol. The fraction of sp³-hybridized carbons (Fsp3) is 0.524. The summed E-state index contributed by atoms with van der Waals surface area (Å²) in [6.07, 6.45) is 1.56. The number of amides is 1. The van der Waals surface area contributed by atoms with Crippen LogP contribution in [0.25, 0.3) is 0 Å². The lowest BCUT2D eigenvalue weighted by Crippen LogP contribution is -2.43. The predicted octanol–water partition coefficient (Wildman–Crippen LogP) is 4.44. The van der Waals surface area contributed by atoms with Crippen LogP contribution in [0.3, 0.4) is 0 Å². The minimum absolute atomic E-state index is 0.0689. The van der Waals surface area contributed by atoms with Gasteiger partial charge in [0.2, 0.25) is 5.91 Å². The van der Waals surface area contributed by atoms with E-state index in [1.165, 1.54) is 28.4 Å². The monoisotopic (exact) mass is 439 g/mol. The summed E-state index contributed by atoms with van der Waals surface area (Å²) in [6, 6.07) is -0.212. The molecule has 1 unspecified atom stereocenters. The van der Waals surface area contributed by atoms with Gasteiger partial charge in [-0.2, -0.15) is 18.3 Å². The van der Waals surface area contributed by atoms with Crippen LogP contribution in [-0.4, -0.2) is 51.1 Å². The molecule has 1 aromatic heterocycles. The van der Waals surface area contributed by atoms with Gasteiger partial charge in [0.1, 0.15) is 17.7 Å². The van der Waals surface area contributed by atoms with Crippen molar-refractivity contribution in [3.63, 3.8) is 0 Å². The summed E-state index contributed by atoms with van der Waals surface area (Å²) in [4.78, 5) is 21.6. The highest BCUT2D eigenvalue weighted by molar-refractivity contribution is 6.03. The molecule has 168 valence electrons. The van der Waals surface area contributed by atoms with Crippen molar-refractivity contribution in [1.29, 1.82) is 0 Å². The van der Waals surface area contributed by atoms with Crippen molar-refractivity contribution in [2.75, 3.05) is 6.54 Å². The van der Waals surface area contributed by atoms with Crippen molar-refractivity contribution in [1.82, 2.24) is 14.9 Å². The standard InChI is InChI=1S/C21H25F4N5O/c1-3-16(11-27-14(2)29-8-4-5-19(29)21(23,24)25)18-6-7-20(31)30(28-18)13-15-9-17(22)12-26-10-15/h9-12,19H,3-8,13H2,1-2H3/b16-11+,27-14?. The van der Waals surface area contributed by atoms with Crippen LogP contribution in [0.5, 0.6) is 0 Å². The Morgan fingerprint density at radius 1 is 1.32 bits per heavy atom. The van der Waals surface area contributed by atoms with Crippen molar-refractivity contribution in [2.24, 2.45) is 10.1 Å². The van der Waals surface area contributed by atoms with Crippen LogP contribution >= 0.6 is 0 Å². The Morgan fingerprint density at radius 3 is 2.77 bits per heavy atom. The number of alkyl halides is 3. The first-order chi connectivity index (χ1) is 14.7. The third kappa shape index (κ3) is 5.68. The number of allylic oxidation sites excluding steroid dienone is 1. The lowest BCUT2D eigenvalue weighted by atomic mass is 10.0. The summed E-state index contributed by atoms with van der Waals surface area (Å²) in [7, 11) is 0. The van der Waals surface area contributed by atoms with E-state index in [4.69, 9.17) is 0 Å². The molecule has 0 spiro atoms. The maximum Gasteiger partial charge on any atom is 0.408 e. The van der Waals surface area contributed by atoms with Gasteiger partial charge >= 0.3 is 6.18 Å². The number of hydrogen-bond donors (Lipinski definition) is 0. The summed E-state index contributed by atoms with van der Waals surface area (Å²) >= 11 is 0. The van der Waals surface area contributed by atoms with Gasteiger partial charge in [-0.3, -0.25) is 9.78 Å². The minimum atomic E-state index is -4.29. The molecule has 1 fully saturated rings. The molecule has 1 saturated heterocycles. The Hall–Kier alpha value is -2.78. The second-order valence-corrected chi connectivity index (χ2v) is 7.59. The molecule has 0 N–H and O–H groups in total. The number of halogens is 4. The molecule has 3 rings (SSSR count). The zero-order valence-corrected chi connectivity index (χ0v) is 17.5. The summed E-state index contributed by atoms with van der Waals surface area (Å²) < 4.78 is 53.0. The number of hydrazone groups is 1. The molecule has 6 nitrogen and oxygen atoms in total. The molecule has 1 aromatic rings. The van der Waals surface area contributed by atoms with Crippen molar-refractivity contribution in [3.05, 3.63) is 41.6 Å². The lowest BCUT2D eigenvalue weighted by molar-refractivity contribution is -0.167. The smallest absolute Gasteiger partial charge is 0.348 e. The van der Waals surface area contributed by atoms with Gasteiger partial charge in [0.05, 0.1) is 18.5 Å². The Balaban J connectivity index is 1.79. The van der Waals surface area contributed by atoms with Crippen LogP contribution in [0.1, 0.15) is 51.5 Å². The van der Waals surface area contributed by atoms with Crippen LogP contribution in [0.4, 0.5) is 17.6 Å². The topological polar surface area (TPSA) is 61.2 Å². The summed E-state index contributed by atoms with van der Waals surface area (Å²) in [5, 5.41) is 5.68. The molecule has 0 radical (unpaired) electrons. The van der Waals surface area contributed by atoms with Crippen molar-refractivity contribution >= 4 is 17.5 Å². The summed E-state index contributed by atoms with van der Waals surface area (Å²) in [6.45, 7) is 3.88. The minimum Gasteiger partial charge on any atom is -0.348 e. The molecule has 10 heteroatoms. The Kier molecular flexibility index (Phi) is 7.07. The summed E-state index contributed by atoms with van der Waals surface area (Å²) in [5.74, 6) is -0.377. The van der Waals surface area contributed by atoms with Crippen LogP contribution in [0, 0.1) is 5.82 Å². The number of amidine groups is 1. The van der Waals surface area contributed by atoms with E-state index in [1.807, 2.05) is 6.92 Å². The average Bonchev–Trinajstić information content (AvgIpc) is 3.21. The molecule has 31 heavy (non-hydrogen) atoms. The van der Waals surface area contributed by atoms with E-state index in [0.29, 0.717) is 42.9 Å². The first kappa shape index (κ1) is 22.9. The lowest BCUT2D eigenvalue weighted by Gasteiger charge is -2.28. The van der Waals surface area contributed by atoms with Crippen LogP contribution in [0.15, 0.2) is 40.3 Å². The van der Waals surface area contributed by atoms with Gasteiger partial charge in [0, 0.05) is 31.8 Å². The zero-order valence-electron chi connectivity index (χ0n) is 17.5. The van der Waals surface area contributed by atoms with E-state index >= 15 is 0 Å². The van der Waals surface area contributed by atoms with Crippen molar-refractivity contribution in [2.45, 2.75) is 64.7 Å². The van der Waals surface area contributed by atoms with E-state index in [1.54, 1.807) is 6.92 Å². The van der Waals surface area contributed by atoms with E-state index in [2.05, 4.69) is 15.1 Å². The third-order valence-corrected chi connectivity index (χ3v) is 5.40. The molecular formula is C21H25F4N5O. The van der Waals surface area contributed by atoms with Crippen molar-refractivity contribution in [3.8, 4) is 0 Å². The van der Waals surface area contributed by atoms with Crippen LogP contribution in [0.2, 0.25) is 0 Å². The second-order valence-electron chi connectivity index (χ2n) is 7.59. The number of rotatable bonds is 5. The zero-order chi connectivity index (χ0) is 22.6. The molecule has 2 aliphatic heterocycles. The number of hydrogen-bond acceptors (Lipinski definition) is 4. The number of aromatic nitrogens is 1. The third-order valence-electron chi connectivity index (χ3n) is 5.40. The molecule has 0 bridgehead atoms. The predicted molar refractivity (Wildman–Crippen MR) is 109 cm³/mol. The normalized spacial score (nSPS) is 21.0. The highest BCUT2D eigenvalue weighted by Crippen LogP contribution is 2.32.